The normalized spacial score (nSPS) is 13.4. The maximum absolute atomic E-state index is 11.9. The second kappa shape index (κ2) is 5.94. The molecule has 7 heteroatoms. The number of hydrogen-bond acceptors (Lipinski definition) is 4. The molecule has 1 aromatic rings. The molecule has 0 aliphatic carbocycles. The van der Waals surface area contributed by atoms with Crippen LogP contribution < -0.4 is 5.32 Å². The fraction of sp³-hybridized carbons (Fsp3) is 0.333. The zero-order chi connectivity index (χ0) is 14.6. The SMILES string of the molecule is CC(NC(=O)c1ccccc1[N+](=O)[O-])C(C)C(=O)O. The van der Waals surface area contributed by atoms with E-state index in [4.69, 9.17) is 5.11 Å². The molecule has 0 spiro atoms. The molecule has 2 atom stereocenters. The highest BCUT2D eigenvalue weighted by atomic mass is 16.6. The smallest absolute Gasteiger partial charge is 0.308 e. The number of carbonyl (C=O) groups is 2. The van der Waals surface area contributed by atoms with Crippen molar-refractivity contribution in [1.29, 1.82) is 0 Å². The molecule has 0 aromatic heterocycles. The number of rotatable bonds is 5. The molecule has 0 saturated heterocycles. The minimum Gasteiger partial charge on any atom is -0.481 e. The molecular formula is C12H14N2O5. The van der Waals surface area contributed by atoms with E-state index in [2.05, 4.69) is 5.32 Å². The van der Waals surface area contributed by atoms with Gasteiger partial charge in [-0.05, 0) is 19.9 Å². The van der Waals surface area contributed by atoms with Crippen molar-refractivity contribution in [3.05, 3.63) is 39.9 Å². The Morgan fingerprint density at radius 1 is 1.32 bits per heavy atom. The van der Waals surface area contributed by atoms with E-state index in [1.807, 2.05) is 0 Å². The molecule has 0 heterocycles. The summed E-state index contributed by atoms with van der Waals surface area (Å²) in [4.78, 5) is 32.8. The van der Waals surface area contributed by atoms with Gasteiger partial charge in [0.2, 0.25) is 0 Å². The Morgan fingerprint density at radius 2 is 1.89 bits per heavy atom. The van der Waals surface area contributed by atoms with Gasteiger partial charge in [0.15, 0.2) is 0 Å². The van der Waals surface area contributed by atoms with Crippen molar-refractivity contribution in [3.8, 4) is 0 Å². The molecule has 1 rings (SSSR count). The van der Waals surface area contributed by atoms with Gasteiger partial charge in [0, 0.05) is 12.1 Å². The Labute approximate surface area is 109 Å². The number of para-hydroxylation sites is 1. The van der Waals surface area contributed by atoms with Crippen molar-refractivity contribution in [3.63, 3.8) is 0 Å². The molecule has 2 N–H and O–H groups in total. The van der Waals surface area contributed by atoms with Crippen LogP contribution in [0.15, 0.2) is 24.3 Å². The van der Waals surface area contributed by atoms with Gasteiger partial charge in [0.1, 0.15) is 5.56 Å². The topological polar surface area (TPSA) is 110 Å². The van der Waals surface area contributed by atoms with Crippen molar-refractivity contribution in [1.82, 2.24) is 5.32 Å². The minimum absolute atomic E-state index is 0.0862. The number of nitro benzene ring substituents is 1. The molecule has 1 aromatic carbocycles. The number of nitro groups is 1. The van der Waals surface area contributed by atoms with Crippen LogP contribution in [-0.4, -0.2) is 27.9 Å². The molecule has 0 aliphatic rings. The van der Waals surface area contributed by atoms with Crippen molar-refractivity contribution >= 4 is 17.6 Å². The van der Waals surface area contributed by atoms with E-state index in [-0.39, 0.29) is 11.3 Å². The molecule has 1 amide bonds. The van der Waals surface area contributed by atoms with Crippen LogP contribution in [0.2, 0.25) is 0 Å². The summed E-state index contributed by atoms with van der Waals surface area (Å²) in [7, 11) is 0. The second-order valence-corrected chi connectivity index (χ2v) is 4.16. The van der Waals surface area contributed by atoms with Gasteiger partial charge in [-0.15, -0.1) is 0 Å². The van der Waals surface area contributed by atoms with E-state index < -0.39 is 28.8 Å². The third kappa shape index (κ3) is 3.51. The molecule has 0 fully saturated rings. The summed E-state index contributed by atoms with van der Waals surface area (Å²) in [6, 6.07) is 4.88. The Morgan fingerprint density at radius 3 is 2.42 bits per heavy atom. The maximum Gasteiger partial charge on any atom is 0.308 e. The molecule has 0 bridgehead atoms. The summed E-state index contributed by atoms with van der Waals surface area (Å²) < 4.78 is 0. The lowest BCUT2D eigenvalue weighted by molar-refractivity contribution is -0.385. The zero-order valence-electron chi connectivity index (χ0n) is 10.5. The molecular weight excluding hydrogens is 252 g/mol. The van der Waals surface area contributed by atoms with Crippen LogP contribution in [0.25, 0.3) is 0 Å². The van der Waals surface area contributed by atoms with Gasteiger partial charge in [-0.2, -0.15) is 0 Å². The number of hydrogen-bond donors (Lipinski definition) is 2. The molecule has 7 nitrogen and oxygen atoms in total. The largest absolute Gasteiger partial charge is 0.481 e. The van der Waals surface area contributed by atoms with Gasteiger partial charge in [-0.3, -0.25) is 19.7 Å². The zero-order valence-corrected chi connectivity index (χ0v) is 10.5. The van der Waals surface area contributed by atoms with Gasteiger partial charge in [-0.1, -0.05) is 12.1 Å². The van der Waals surface area contributed by atoms with Crippen molar-refractivity contribution in [2.45, 2.75) is 19.9 Å². The van der Waals surface area contributed by atoms with Crippen LogP contribution in [0.5, 0.6) is 0 Å². The van der Waals surface area contributed by atoms with Crippen LogP contribution in [0.4, 0.5) is 5.69 Å². The molecule has 2 unspecified atom stereocenters. The number of amides is 1. The number of benzene rings is 1. The summed E-state index contributed by atoms with van der Waals surface area (Å²) in [5.41, 5.74) is -0.396. The second-order valence-electron chi connectivity index (χ2n) is 4.16. The van der Waals surface area contributed by atoms with E-state index in [0.717, 1.165) is 0 Å². The summed E-state index contributed by atoms with van der Waals surface area (Å²) in [6.45, 7) is 2.98. The lowest BCUT2D eigenvalue weighted by atomic mass is 10.0. The quantitative estimate of drug-likeness (QED) is 0.619. The lowest BCUT2D eigenvalue weighted by Gasteiger charge is -2.17. The Kier molecular flexibility index (Phi) is 4.57. The molecule has 0 radical (unpaired) electrons. The van der Waals surface area contributed by atoms with E-state index in [1.165, 1.54) is 38.1 Å². The monoisotopic (exact) mass is 266 g/mol. The highest BCUT2D eigenvalue weighted by molar-refractivity contribution is 5.98. The van der Waals surface area contributed by atoms with Crippen LogP contribution in [0, 0.1) is 16.0 Å². The van der Waals surface area contributed by atoms with Crippen molar-refractivity contribution in [2.24, 2.45) is 5.92 Å². The van der Waals surface area contributed by atoms with Crippen LogP contribution in [0.3, 0.4) is 0 Å². The first-order valence-corrected chi connectivity index (χ1v) is 5.61. The molecule has 19 heavy (non-hydrogen) atoms. The van der Waals surface area contributed by atoms with Crippen LogP contribution in [-0.2, 0) is 4.79 Å². The number of carbonyl (C=O) groups excluding carboxylic acids is 1. The van der Waals surface area contributed by atoms with E-state index in [1.54, 1.807) is 0 Å². The first-order chi connectivity index (χ1) is 8.84. The highest BCUT2D eigenvalue weighted by Crippen LogP contribution is 2.17. The number of carboxylic acids is 1. The molecule has 0 saturated carbocycles. The first-order valence-electron chi connectivity index (χ1n) is 5.61. The van der Waals surface area contributed by atoms with Crippen LogP contribution in [0.1, 0.15) is 24.2 Å². The standard InChI is InChI=1S/C12H14N2O5/c1-7(12(16)17)8(2)13-11(15)9-5-3-4-6-10(9)14(18)19/h3-8H,1-2H3,(H,13,15)(H,16,17). The van der Waals surface area contributed by atoms with Gasteiger partial charge in [0.25, 0.3) is 11.6 Å². The Balaban J connectivity index is 2.90. The third-order valence-corrected chi connectivity index (χ3v) is 2.84. The number of aliphatic carboxylic acids is 1. The Hall–Kier alpha value is -2.44. The summed E-state index contributed by atoms with van der Waals surface area (Å²) in [5.74, 6) is -2.49. The average molecular weight is 266 g/mol. The average Bonchev–Trinajstić information content (AvgIpc) is 2.37. The van der Waals surface area contributed by atoms with Gasteiger partial charge < -0.3 is 10.4 Å². The highest BCUT2D eigenvalue weighted by Gasteiger charge is 2.24. The summed E-state index contributed by atoms with van der Waals surface area (Å²) >= 11 is 0. The first kappa shape index (κ1) is 14.6. The van der Waals surface area contributed by atoms with Gasteiger partial charge in [0.05, 0.1) is 10.8 Å². The van der Waals surface area contributed by atoms with Gasteiger partial charge in [-0.25, -0.2) is 0 Å². The predicted molar refractivity (Wildman–Crippen MR) is 66.8 cm³/mol. The minimum atomic E-state index is -1.05. The molecule has 0 aliphatic heterocycles. The van der Waals surface area contributed by atoms with Crippen LogP contribution >= 0.6 is 0 Å². The number of carboxylic acid groups (broad SMARTS) is 1. The number of nitrogens with one attached hydrogen (secondary N) is 1. The van der Waals surface area contributed by atoms with E-state index in [0.29, 0.717) is 0 Å². The van der Waals surface area contributed by atoms with E-state index >= 15 is 0 Å². The summed E-state index contributed by atoms with van der Waals surface area (Å²) in [6.07, 6.45) is 0. The van der Waals surface area contributed by atoms with Crippen molar-refractivity contribution in [2.75, 3.05) is 0 Å². The number of nitrogens with zero attached hydrogens (tertiary/aromatic N) is 1. The maximum atomic E-state index is 11.9. The van der Waals surface area contributed by atoms with Gasteiger partial charge >= 0.3 is 5.97 Å². The fourth-order valence-electron chi connectivity index (χ4n) is 1.45. The van der Waals surface area contributed by atoms with E-state index in [9.17, 15) is 19.7 Å². The fourth-order valence-corrected chi connectivity index (χ4v) is 1.45. The lowest BCUT2D eigenvalue weighted by Crippen LogP contribution is -2.40. The predicted octanol–water partition coefficient (Wildman–Crippen LogP) is 1.43. The van der Waals surface area contributed by atoms with Crippen molar-refractivity contribution < 1.29 is 19.6 Å². The Bertz CT molecular complexity index is 515. The third-order valence-electron chi connectivity index (χ3n) is 2.84. The summed E-state index contributed by atoms with van der Waals surface area (Å²) in [5, 5.41) is 22.1. The molecule has 102 valence electrons.